The average Bonchev–Trinajstić information content (AvgIpc) is 2.68. The van der Waals surface area contributed by atoms with Crippen LogP contribution in [-0.2, 0) is 9.53 Å². The maximum absolute atomic E-state index is 11.5. The van der Waals surface area contributed by atoms with Crippen LogP contribution in [0.3, 0.4) is 0 Å². The maximum atomic E-state index is 11.5. The molecule has 0 unspecified atom stereocenters. The SMILES string of the molecule is CCCCCCCCCCCCCCCCCCCCCC(=O)OCC(C)C. The molecule has 168 valence electrons. The summed E-state index contributed by atoms with van der Waals surface area (Å²) in [7, 11) is 0. The van der Waals surface area contributed by atoms with Crippen LogP contribution in [0.5, 0.6) is 0 Å². The van der Waals surface area contributed by atoms with Crippen LogP contribution >= 0.6 is 0 Å². The van der Waals surface area contributed by atoms with Gasteiger partial charge in [0, 0.05) is 6.42 Å². The second-order valence-corrected chi connectivity index (χ2v) is 9.19. The number of esters is 1. The number of carbonyl (C=O) groups is 1. The Labute approximate surface area is 177 Å². The molecule has 0 amide bonds. The van der Waals surface area contributed by atoms with E-state index in [0.717, 1.165) is 6.42 Å². The van der Waals surface area contributed by atoms with Gasteiger partial charge < -0.3 is 4.74 Å². The summed E-state index contributed by atoms with van der Waals surface area (Å²) < 4.78 is 5.20. The van der Waals surface area contributed by atoms with Gasteiger partial charge in [0.2, 0.25) is 0 Å². The van der Waals surface area contributed by atoms with Crippen molar-refractivity contribution in [1.29, 1.82) is 0 Å². The topological polar surface area (TPSA) is 26.3 Å². The zero-order chi connectivity index (χ0) is 20.7. The number of unbranched alkanes of at least 4 members (excludes halogenated alkanes) is 18. The van der Waals surface area contributed by atoms with E-state index in [4.69, 9.17) is 4.74 Å². The Hall–Kier alpha value is -0.530. The smallest absolute Gasteiger partial charge is 0.305 e. The average molecular weight is 397 g/mol. The molecule has 0 heterocycles. The Bertz CT molecular complexity index is 312. The summed E-state index contributed by atoms with van der Waals surface area (Å²) in [5.74, 6) is 0.426. The summed E-state index contributed by atoms with van der Waals surface area (Å²) in [6.45, 7) is 7.00. The van der Waals surface area contributed by atoms with Gasteiger partial charge >= 0.3 is 5.97 Å². The third kappa shape index (κ3) is 23.5. The Morgan fingerprint density at radius 3 is 1.21 bits per heavy atom. The minimum atomic E-state index is -0.0133. The van der Waals surface area contributed by atoms with Crippen molar-refractivity contribution in [3.8, 4) is 0 Å². The summed E-state index contributed by atoms with van der Waals surface area (Å²) in [6, 6.07) is 0. The molecule has 0 saturated heterocycles. The first-order valence-corrected chi connectivity index (χ1v) is 12.8. The van der Waals surface area contributed by atoms with E-state index in [-0.39, 0.29) is 5.97 Å². The molecule has 0 rings (SSSR count). The van der Waals surface area contributed by atoms with Crippen molar-refractivity contribution in [2.45, 2.75) is 149 Å². The molecule has 0 aliphatic rings. The molecule has 0 aromatic heterocycles. The third-order valence-electron chi connectivity index (χ3n) is 5.56. The zero-order valence-corrected chi connectivity index (χ0v) is 19.7. The molecule has 0 N–H and O–H groups in total. The largest absolute Gasteiger partial charge is 0.465 e. The molecule has 0 aromatic carbocycles. The van der Waals surface area contributed by atoms with Gasteiger partial charge in [-0.3, -0.25) is 4.79 Å². The third-order valence-corrected chi connectivity index (χ3v) is 5.56. The van der Waals surface area contributed by atoms with E-state index in [2.05, 4.69) is 20.8 Å². The molecule has 0 aliphatic heterocycles. The van der Waals surface area contributed by atoms with Gasteiger partial charge in [-0.2, -0.15) is 0 Å². The van der Waals surface area contributed by atoms with Gasteiger partial charge in [-0.15, -0.1) is 0 Å². The van der Waals surface area contributed by atoms with Crippen molar-refractivity contribution in [2.24, 2.45) is 5.92 Å². The Kier molecular flexibility index (Phi) is 22.3. The van der Waals surface area contributed by atoms with Crippen LogP contribution in [0.1, 0.15) is 149 Å². The van der Waals surface area contributed by atoms with Crippen molar-refractivity contribution in [1.82, 2.24) is 0 Å². The lowest BCUT2D eigenvalue weighted by atomic mass is 10.0. The minimum absolute atomic E-state index is 0.0133. The van der Waals surface area contributed by atoms with Gasteiger partial charge in [-0.25, -0.2) is 0 Å². The number of rotatable bonds is 22. The molecule has 0 atom stereocenters. The van der Waals surface area contributed by atoms with Crippen LogP contribution in [0.4, 0.5) is 0 Å². The Balaban J connectivity index is 3.07. The Morgan fingerprint density at radius 2 is 0.893 bits per heavy atom. The van der Waals surface area contributed by atoms with Crippen LogP contribution < -0.4 is 0 Å². The van der Waals surface area contributed by atoms with Gasteiger partial charge in [0.15, 0.2) is 0 Å². The molecule has 2 heteroatoms. The lowest BCUT2D eigenvalue weighted by Gasteiger charge is -2.07. The summed E-state index contributed by atoms with van der Waals surface area (Å²) in [5.41, 5.74) is 0. The molecular weight excluding hydrogens is 344 g/mol. The van der Waals surface area contributed by atoms with Crippen LogP contribution in [0.2, 0.25) is 0 Å². The van der Waals surface area contributed by atoms with Gasteiger partial charge in [-0.05, 0) is 12.3 Å². The van der Waals surface area contributed by atoms with E-state index < -0.39 is 0 Å². The quantitative estimate of drug-likeness (QED) is 0.135. The van der Waals surface area contributed by atoms with Crippen molar-refractivity contribution in [3.05, 3.63) is 0 Å². The molecule has 0 spiro atoms. The van der Waals surface area contributed by atoms with Crippen molar-refractivity contribution < 1.29 is 9.53 Å². The molecule has 0 aromatic rings. The molecule has 0 saturated carbocycles. The van der Waals surface area contributed by atoms with Crippen molar-refractivity contribution in [3.63, 3.8) is 0 Å². The second-order valence-electron chi connectivity index (χ2n) is 9.19. The number of hydrogen-bond donors (Lipinski definition) is 0. The van der Waals surface area contributed by atoms with E-state index in [1.165, 1.54) is 116 Å². The lowest BCUT2D eigenvalue weighted by molar-refractivity contribution is -0.144. The lowest BCUT2D eigenvalue weighted by Crippen LogP contribution is -2.09. The predicted molar refractivity (Wildman–Crippen MR) is 124 cm³/mol. The molecule has 0 radical (unpaired) electrons. The van der Waals surface area contributed by atoms with Crippen molar-refractivity contribution >= 4 is 5.97 Å². The first-order valence-electron chi connectivity index (χ1n) is 12.8. The van der Waals surface area contributed by atoms with Crippen LogP contribution in [0.15, 0.2) is 0 Å². The maximum Gasteiger partial charge on any atom is 0.305 e. The van der Waals surface area contributed by atoms with Crippen LogP contribution in [-0.4, -0.2) is 12.6 Å². The highest BCUT2D eigenvalue weighted by Crippen LogP contribution is 2.14. The molecular formula is C26H52O2. The van der Waals surface area contributed by atoms with Crippen LogP contribution in [0, 0.1) is 5.92 Å². The van der Waals surface area contributed by atoms with Crippen molar-refractivity contribution in [2.75, 3.05) is 6.61 Å². The van der Waals surface area contributed by atoms with Gasteiger partial charge in [0.1, 0.15) is 0 Å². The zero-order valence-electron chi connectivity index (χ0n) is 19.7. The predicted octanol–water partition coefficient (Wildman–Crippen LogP) is 9.01. The van der Waals surface area contributed by atoms with E-state index in [1.807, 2.05) is 0 Å². The first-order chi connectivity index (χ1) is 13.7. The Morgan fingerprint density at radius 1 is 0.571 bits per heavy atom. The van der Waals surface area contributed by atoms with E-state index in [1.54, 1.807) is 0 Å². The highest BCUT2D eigenvalue weighted by atomic mass is 16.5. The molecule has 28 heavy (non-hydrogen) atoms. The molecule has 0 bridgehead atoms. The number of ether oxygens (including phenoxy) is 1. The summed E-state index contributed by atoms with van der Waals surface area (Å²) in [4.78, 5) is 11.5. The molecule has 0 aliphatic carbocycles. The van der Waals surface area contributed by atoms with Crippen LogP contribution in [0.25, 0.3) is 0 Å². The fourth-order valence-corrected chi connectivity index (χ4v) is 3.68. The molecule has 0 fully saturated rings. The highest BCUT2D eigenvalue weighted by molar-refractivity contribution is 5.69. The standard InChI is InChI=1S/C26H52O2/c1-4-5-6-7-8-9-10-11-12-13-14-15-16-17-18-19-20-21-22-23-26(27)28-24-25(2)3/h25H,4-24H2,1-3H3. The second kappa shape index (κ2) is 22.8. The van der Waals surface area contributed by atoms with Gasteiger partial charge in [0.25, 0.3) is 0 Å². The van der Waals surface area contributed by atoms with E-state index >= 15 is 0 Å². The normalized spacial score (nSPS) is 11.3. The molecule has 2 nitrogen and oxygen atoms in total. The fourth-order valence-electron chi connectivity index (χ4n) is 3.68. The first kappa shape index (κ1) is 27.5. The summed E-state index contributed by atoms with van der Waals surface area (Å²) in [5, 5.41) is 0. The van der Waals surface area contributed by atoms with Gasteiger partial charge in [-0.1, -0.05) is 136 Å². The minimum Gasteiger partial charge on any atom is -0.465 e. The van der Waals surface area contributed by atoms with E-state index in [9.17, 15) is 4.79 Å². The van der Waals surface area contributed by atoms with E-state index in [0.29, 0.717) is 18.9 Å². The summed E-state index contributed by atoms with van der Waals surface area (Å²) >= 11 is 0. The summed E-state index contributed by atoms with van der Waals surface area (Å²) in [6.07, 6.45) is 26.9. The highest BCUT2D eigenvalue weighted by Gasteiger charge is 2.03. The fraction of sp³-hybridized carbons (Fsp3) is 0.962. The monoisotopic (exact) mass is 396 g/mol. The number of hydrogen-bond acceptors (Lipinski definition) is 2. The van der Waals surface area contributed by atoms with Gasteiger partial charge in [0.05, 0.1) is 6.61 Å². The number of carbonyl (C=O) groups excluding carboxylic acids is 1.